The minimum Gasteiger partial charge on any atom is -0.444 e. The second-order valence-electron chi connectivity index (χ2n) is 11.5. The molecule has 1 saturated carbocycles. The Kier molecular flexibility index (Phi) is 6.96. The second-order valence-corrected chi connectivity index (χ2v) is 11.5. The predicted octanol–water partition coefficient (Wildman–Crippen LogP) is 6.22. The van der Waals surface area contributed by atoms with Crippen LogP contribution in [-0.2, 0) is 9.53 Å². The van der Waals surface area contributed by atoms with Gasteiger partial charge in [0.2, 0.25) is 5.91 Å². The Bertz CT molecular complexity index is 1080. The van der Waals surface area contributed by atoms with E-state index in [4.69, 9.17) is 4.74 Å². The molecule has 1 aliphatic carbocycles. The van der Waals surface area contributed by atoms with Crippen LogP contribution in [0.4, 0.5) is 10.5 Å². The number of para-hydroxylation sites is 1. The molecule has 0 spiro atoms. The van der Waals surface area contributed by atoms with Crippen molar-refractivity contribution < 1.29 is 14.3 Å². The van der Waals surface area contributed by atoms with E-state index in [1.54, 1.807) is 0 Å². The SMILES string of the molecule is CC(C)(C)OC(=O)N[C@@H]1CCCC[C@@H]1C(=O)N1CCCC2[C@@H](c3ccccc3)Nc3ccccc3[C@H]21. The number of carbonyl (C=O) groups excluding carboxylic acids is 2. The van der Waals surface area contributed by atoms with Crippen LogP contribution in [0.25, 0.3) is 0 Å². The number of hydrogen-bond acceptors (Lipinski definition) is 4. The molecule has 36 heavy (non-hydrogen) atoms. The minimum atomic E-state index is -0.566. The van der Waals surface area contributed by atoms with Gasteiger partial charge in [0.05, 0.1) is 18.0 Å². The summed E-state index contributed by atoms with van der Waals surface area (Å²) in [6.45, 7) is 6.34. The maximum atomic E-state index is 14.3. The molecule has 2 aromatic carbocycles. The Hall–Kier alpha value is -3.02. The standard InChI is InChI=1S/C30H39N3O3/c1-30(2,3)36-29(35)32-25-18-10-8-15-22(25)28(34)33-19-11-16-23-26(20-12-5-4-6-13-20)31-24-17-9-7-14-21(24)27(23)33/h4-7,9,12-14,17,22-23,25-27,31H,8,10-11,15-16,18-19H2,1-3H3,(H,32,35)/t22-,23?,25+,26+,27+/m0/s1. The third-order valence-electron chi connectivity index (χ3n) is 7.92. The molecule has 3 aliphatic rings. The van der Waals surface area contributed by atoms with E-state index in [1.807, 2.05) is 20.8 Å². The van der Waals surface area contributed by atoms with Gasteiger partial charge in [-0.3, -0.25) is 4.79 Å². The lowest BCUT2D eigenvalue weighted by Crippen LogP contribution is -2.54. The van der Waals surface area contributed by atoms with Gasteiger partial charge in [0.1, 0.15) is 5.60 Å². The predicted molar refractivity (Wildman–Crippen MR) is 142 cm³/mol. The summed E-state index contributed by atoms with van der Waals surface area (Å²) in [7, 11) is 0. The van der Waals surface area contributed by atoms with Crippen molar-refractivity contribution in [2.45, 2.75) is 83.0 Å². The van der Waals surface area contributed by atoms with Gasteiger partial charge in [-0.2, -0.15) is 0 Å². The van der Waals surface area contributed by atoms with Crippen molar-refractivity contribution in [2.75, 3.05) is 11.9 Å². The molecule has 0 radical (unpaired) electrons. The first-order valence-electron chi connectivity index (χ1n) is 13.5. The highest BCUT2D eigenvalue weighted by molar-refractivity contribution is 5.82. The molecule has 2 heterocycles. The summed E-state index contributed by atoms with van der Waals surface area (Å²) in [4.78, 5) is 29.0. The van der Waals surface area contributed by atoms with Gasteiger partial charge in [-0.15, -0.1) is 0 Å². The largest absolute Gasteiger partial charge is 0.444 e. The Morgan fingerprint density at radius 3 is 2.44 bits per heavy atom. The fourth-order valence-corrected chi connectivity index (χ4v) is 6.44. The van der Waals surface area contributed by atoms with E-state index in [0.717, 1.165) is 50.8 Å². The van der Waals surface area contributed by atoms with Crippen LogP contribution in [0.2, 0.25) is 0 Å². The Balaban J connectivity index is 1.43. The van der Waals surface area contributed by atoms with Crippen LogP contribution < -0.4 is 10.6 Å². The molecule has 2 amide bonds. The van der Waals surface area contributed by atoms with Crippen LogP contribution >= 0.6 is 0 Å². The van der Waals surface area contributed by atoms with Crippen molar-refractivity contribution in [2.24, 2.45) is 11.8 Å². The maximum Gasteiger partial charge on any atom is 0.407 e. The van der Waals surface area contributed by atoms with Crippen LogP contribution in [0.1, 0.15) is 82.5 Å². The summed E-state index contributed by atoms with van der Waals surface area (Å²) in [5.74, 6) is 0.247. The van der Waals surface area contributed by atoms with Gasteiger partial charge in [0.15, 0.2) is 0 Å². The summed E-state index contributed by atoms with van der Waals surface area (Å²) < 4.78 is 5.53. The Morgan fingerprint density at radius 1 is 0.944 bits per heavy atom. The molecule has 1 unspecified atom stereocenters. The van der Waals surface area contributed by atoms with Crippen molar-refractivity contribution in [1.82, 2.24) is 10.2 Å². The topological polar surface area (TPSA) is 70.7 Å². The number of amides is 2. The van der Waals surface area contributed by atoms with Gasteiger partial charge >= 0.3 is 6.09 Å². The number of nitrogens with zero attached hydrogens (tertiary/aromatic N) is 1. The van der Waals surface area contributed by atoms with Gasteiger partial charge in [-0.1, -0.05) is 61.4 Å². The van der Waals surface area contributed by atoms with Crippen LogP contribution in [0.3, 0.4) is 0 Å². The number of rotatable bonds is 3. The Labute approximate surface area is 214 Å². The summed E-state index contributed by atoms with van der Waals surface area (Å²) in [5, 5.41) is 6.85. The average molecular weight is 490 g/mol. The van der Waals surface area contributed by atoms with E-state index in [0.29, 0.717) is 5.92 Å². The van der Waals surface area contributed by atoms with Gasteiger partial charge in [0, 0.05) is 24.2 Å². The molecule has 6 heteroatoms. The second kappa shape index (κ2) is 10.2. The fourth-order valence-electron chi connectivity index (χ4n) is 6.44. The first kappa shape index (κ1) is 24.7. The number of hydrogen-bond donors (Lipinski definition) is 2. The Morgan fingerprint density at radius 2 is 1.67 bits per heavy atom. The van der Waals surface area contributed by atoms with Gasteiger partial charge in [0.25, 0.3) is 0 Å². The number of anilines is 1. The molecule has 0 aromatic heterocycles. The molecule has 2 fully saturated rings. The molecular weight excluding hydrogens is 450 g/mol. The first-order chi connectivity index (χ1) is 17.3. The van der Waals surface area contributed by atoms with Crippen LogP contribution in [0.15, 0.2) is 54.6 Å². The highest BCUT2D eigenvalue weighted by atomic mass is 16.6. The summed E-state index contributed by atoms with van der Waals surface area (Å²) in [6, 6.07) is 19.0. The number of benzene rings is 2. The molecule has 1 saturated heterocycles. The fraction of sp³-hybridized carbons (Fsp3) is 0.533. The van der Waals surface area contributed by atoms with Crippen molar-refractivity contribution in [3.8, 4) is 0 Å². The lowest BCUT2D eigenvalue weighted by molar-refractivity contribution is -0.143. The number of carbonyl (C=O) groups is 2. The molecule has 6 nitrogen and oxygen atoms in total. The van der Waals surface area contributed by atoms with Crippen molar-refractivity contribution >= 4 is 17.7 Å². The number of nitrogens with one attached hydrogen (secondary N) is 2. The highest BCUT2D eigenvalue weighted by Crippen LogP contribution is 2.50. The van der Waals surface area contributed by atoms with E-state index >= 15 is 0 Å². The molecule has 192 valence electrons. The molecule has 0 bridgehead atoms. The van der Waals surface area contributed by atoms with E-state index in [9.17, 15) is 9.59 Å². The summed E-state index contributed by atoms with van der Waals surface area (Å²) >= 11 is 0. The molecule has 2 N–H and O–H groups in total. The van der Waals surface area contributed by atoms with E-state index in [1.165, 1.54) is 11.1 Å². The van der Waals surface area contributed by atoms with Crippen LogP contribution in [0, 0.1) is 11.8 Å². The van der Waals surface area contributed by atoms with Crippen molar-refractivity contribution in [3.05, 3.63) is 65.7 Å². The number of fused-ring (bicyclic) bond motifs is 3. The zero-order valence-corrected chi connectivity index (χ0v) is 21.7. The highest BCUT2D eigenvalue weighted by Gasteiger charge is 2.46. The first-order valence-corrected chi connectivity index (χ1v) is 13.5. The third-order valence-corrected chi connectivity index (χ3v) is 7.92. The van der Waals surface area contributed by atoms with Crippen molar-refractivity contribution in [3.63, 3.8) is 0 Å². The van der Waals surface area contributed by atoms with Gasteiger partial charge in [-0.25, -0.2) is 4.79 Å². The molecule has 5 atom stereocenters. The summed E-state index contributed by atoms with van der Waals surface area (Å²) in [5.41, 5.74) is 3.01. The quantitative estimate of drug-likeness (QED) is 0.537. The number of piperidine rings is 1. The summed E-state index contributed by atoms with van der Waals surface area (Å²) in [6.07, 6.45) is 5.25. The van der Waals surface area contributed by atoms with Crippen LogP contribution in [-0.4, -0.2) is 35.1 Å². The lowest BCUT2D eigenvalue weighted by Gasteiger charge is -2.50. The normalized spacial score (nSPS) is 27.8. The van der Waals surface area contributed by atoms with Gasteiger partial charge in [-0.05, 0) is 63.6 Å². The monoisotopic (exact) mass is 489 g/mol. The van der Waals surface area contributed by atoms with Gasteiger partial charge < -0.3 is 20.3 Å². The molecule has 2 aromatic rings. The number of alkyl carbamates (subject to hydrolysis) is 1. The number of likely N-dealkylation sites (tertiary alicyclic amines) is 1. The zero-order chi connectivity index (χ0) is 25.3. The maximum absolute atomic E-state index is 14.3. The number of ether oxygens (including phenoxy) is 1. The third kappa shape index (κ3) is 5.09. The molecular formula is C30H39N3O3. The zero-order valence-electron chi connectivity index (χ0n) is 21.7. The van der Waals surface area contributed by atoms with E-state index in [-0.39, 0.29) is 30.0 Å². The lowest BCUT2D eigenvalue weighted by atomic mass is 9.73. The van der Waals surface area contributed by atoms with E-state index < -0.39 is 11.7 Å². The van der Waals surface area contributed by atoms with Crippen LogP contribution in [0.5, 0.6) is 0 Å². The molecule has 2 aliphatic heterocycles. The average Bonchev–Trinajstić information content (AvgIpc) is 2.87. The van der Waals surface area contributed by atoms with Crippen molar-refractivity contribution in [1.29, 1.82) is 0 Å². The molecule has 5 rings (SSSR count). The van der Waals surface area contributed by atoms with E-state index in [2.05, 4.69) is 70.1 Å². The smallest absolute Gasteiger partial charge is 0.407 e. The minimum absolute atomic E-state index is 0.0259.